The van der Waals surface area contributed by atoms with Crippen LogP contribution < -0.4 is 5.32 Å². The number of carbonyl (C=O) groups is 3. The Hall–Kier alpha value is -2.13. The fourth-order valence-corrected chi connectivity index (χ4v) is 2.45. The fourth-order valence-electron chi connectivity index (χ4n) is 1.88. The van der Waals surface area contributed by atoms with Crippen molar-refractivity contribution in [2.75, 3.05) is 7.11 Å². The Morgan fingerprint density at radius 2 is 2.12 bits per heavy atom. The van der Waals surface area contributed by atoms with Gasteiger partial charge in [-0.3, -0.25) is 9.59 Å². The second-order valence-electron chi connectivity index (χ2n) is 5.23. The van der Waals surface area contributed by atoms with Crippen molar-refractivity contribution in [2.24, 2.45) is 0 Å². The van der Waals surface area contributed by atoms with Gasteiger partial charge in [-0.05, 0) is 20.3 Å². The summed E-state index contributed by atoms with van der Waals surface area (Å²) in [5.74, 6) is -1.62. The second-order valence-corrected chi connectivity index (χ2v) is 5.94. The average molecular weight is 355 g/mol. The number of amides is 1. The minimum atomic E-state index is -1.000. The lowest BCUT2D eigenvalue weighted by Gasteiger charge is -2.21. The van der Waals surface area contributed by atoms with Gasteiger partial charge in [0, 0.05) is 18.9 Å². The maximum Gasteiger partial charge on any atom is 0.328 e. The average Bonchev–Trinajstić information content (AvgIpc) is 3.05. The van der Waals surface area contributed by atoms with Gasteiger partial charge in [-0.25, -0.2) is 9.78 Å². The number of nitrogens with zero attached hydrogens (tertiary/aromatic N) is 1. The first-order valence-corrected chi connectivity index (χ1v) is 8.28. The number of Topliss-reactive ketones (excluding diaryl/α,β-unsaturated/α-hetero) is 1. The number of hydrogen-bond donors (Lipinski definition) is 2. The molecule has 1 rings (SSSR count). The van der Waals surface area contributed by atoms with Crippen molar-refractivity contribution in [2.45, 2.75) is 44.9 Å². The molecule has 0 spiro atoms. The molecule has 0 saturated heterocycles. The molecule has 24 heavy (non-hydrogen) atoms. The van der Waals surface area contributed by atoms with Crippen molar-refractivity contribution in [3.8, 4) is 0 Å². The number of thiazole rings is 1. The van der Waals surface area contributed by atoms with E-state index in [4.69, 9.17) is 14.9 Å². The summed E-state index contributed by atoms with van der Waals surface area (Å²) >= 11 is 1.32. The van der Waals surface area contributed by atoms with Gasteiger partial charge < -0.3 is 20.2 Å². The zero-order valence-electron chi connectivity index (χ0n) is 13.8. The minimum Gasteiger partial charge on any atom is -0.461 e. The highest BCUT2D eigenvalue weighted by molar-refractivity contribution is 7.07. The number of ketones is 1. The number of esters is 1. The van der Waals surface area contributed by atoms with Crippen LogP contribution in [-0.2, 0) is 23.9 Å². The normalized spacial score (nSPS) is 13.2. The maximum absolute atomic E-state index is 12.4. The molecule has 2 atom stereocenters. The molecular weight excluding hydrogens is 334 g/mol. The van der Waals surface area contributed by atoms with Crippen LogP contribution in [0.5, 0.6) is 0 Å². The summed E-state index contributed by atoms with van der Waals surface area (Å²) in [6.07, 6.45) is -0.634. The Morgan fingerprint density at radius 3 is 2.62 bits per heavy atom. The quantitative estimate of drug-likeness (QED) is 0.482. The molecule has 0 radical (unpaired) electrons. The second kappa shape index (κ2) is 9.89. The van der Waals surface area contributed by atoms with E-state index in [0.717, 1.165) is 0 Å². The number of hydrogen-bond acceptors (Lipinski definition) is 8. The van der Waals surface area contributed by atoms with Crippen LogP contribution in [-0.4, -0.2) is 48.1 Å². The van der Waals surface area contributed by atoms with Crippen LogP contribution in [0.25, 0.3) is 0 Å². The van der Waals surface area contributed by atoms with Gasteiger partial charge in [0.2, 0.25) is 0 Å². The lowest BCUT2D eigenvalue weighted by atomic mass is 10.1. The monoisotopic (exact) mass is 355 g/mol. The molecule has 2 N–H and O–H groups in total. The lowest BCUT2D eigenvalue weighted by Crippen LogP contribution is -2.45. The smallest absolute Gasteiger partial charge is 0.328 e. The van der Waals surface area contributed by atoms with Gasteiger partial charge >= 0.3 is 5.97 Å². The van der Waals surface area contributed by atoms with Gasteiger partial charge in [0.05, 0.1) is 23.5 Å². The molecule has 0 bridgehead atoms. The maximum atomic E-state index is 12.4. The van der Waals surface area contributed by atoms with Crippen molar-refractivity contribution < 1.29 is 23.9 Å². The summed E-state index contributed by atoms with van der Waals surface area (Å²) in [5, 5.41) is 11.1. The molecule has 132 valence electrons. The Bertz CT molecular complexity index is 574. The van der Waals surface area contributed by atoms with E-state index in [-0.39, 0.29) is 18.9 Å². The molecule has 0 aliphatic heterocycles. The third kappa shape index (κ3) is 6.17. The van der Waals surface area contributed by atoms with Gasteiger partial charge in [-0.15, -0.1) is 11.3 Å². The Balaban J connectivity index is 2.81. The first kappa shape index (κ1) is 19.9. The van der Waals surface area contributed by atoms with Crippen molar-refractivity contribution in [3.63, 3.8) is 0 Å². The third-order valence-corrected chi connectivity index (χ3v) is 3.59. The van der Waals surface area contributed by atoms with Gasteiger partial charge in [-0.2, -0.15) is 0 Å². The zero-order chi connectivity index (χ0) is 18.1. The van der Waals surface area contributed by atoms with Gasteiger partial charge in [0.1, 0.15) is 6.04 Å². The van der Waals surface area contributed by atoms with E-state index in [1.165, 1.54) is 18.4 Å². The van der Waals surface area contributed by atoms with Gasteiger partial charge in [0.15, 0.2) is 11.9 Å². The number of aromatic nitrogens is 1. The summed E-state index contributed by atoms with van der Waals surface area (Å²) in [6, 6.07) is -1.000. The van der Waals surface area contributed by atoms with Gasteiger partial charge in [-0.1, -0.05) is 0 Å². The molecule has 1 heterocycles. The minimum absolute atomic E-state index is 0.0407. The van der Waals surface area contributed by atoms with E-state index in [2.05, 4.69) is 10.3 Å². The van der Waals surface area contributed by atoms with E-state index in [1.54, 1.807) is 24.7 Å². The first-order chi connectivity index (χ1) is 11.4. The van der Waals surface area contributed by atoms with Crippen LogP contribution in [0.4, 0.5) is 0 Å². The lowest BCUT2D eigenvalue weighted by molar-refractivity contribution is -0.152. The van der Waals surface area contributed by atoms with E-state index < -0.39 is 29.8 Å². The molecule has 0 aromatic carbocycles. The van der Waals surface area contributed by atoms with E-state index in [1.807, 2.05) is 0 Å². The molecule has 0 aliphatic rings. The van der Waals surface area contributed by atoms with Gasteiger partial charge in [0.25, 0.3) is 5.91 Å². The molecule has 1 amide bonds. The van der Waals surface area contributed by atoms with Crippen LogP contribution in [0, 0.1) is 5.41 Å². The van der Waals surface area contributed by atoms with Crippen molar-refractivity contribution >= 4 is 35.2 Å². The van der Waals surface area contributed by atoms with E-state index >= 15 is 0 Å². The standard InChI is InChI=1S/C15H21N3O5S/c1-9(2)23-15(21)11(5-4-10(19)6-16)18-14(20)13(22-3)12-7-24-8-17-12/h6-9,11,13,16H,4-5H2,1-3H3,(H,18,20)/t11-,13-/m0/s1. The molecule has 0 saturated carbocycles. The molecular formula is C15H21N3O5S. The van der Waals surface area contributed by atoms with Crippen LogP contribution in [0.2, 0.25) is 0 Å². The third-order valence-electron chi connectivity index (χ3n) is 2.99. The summed E-state index contributed by atoms with van der Waals surface area (Å²) < 4.78 is 10.2. The molecule has 1 aromatic heterocycles. The largest absolute Gasteiger partial charge is 0.461 e. The number of rotatable bonds is 10. The number of methoxy groups -OCH3 is 1. The Morgan fingerprint density at radius 1 is 1.42 bits per heavy atom. The topological polar surface area (TPSA) is 118 Å². The Labute approximate surface area is 144 Å². The molecule has 8 nitrogen and oxygen atoms in total. The summed E-state index contributed by atoms with van der Waals surface area (Å²) in [7, 11) is 1.36. The molecule has 0 fully saturated rings. The predicted molar refractivity (Wildman–Crippen MR) is 88.0 cm³/mol. The predicted octanol–water partition coefficient (Wildman–Crippen LogP) is 1.27. The fraction of sp³-hybridized carbons (Fsp3) is 0.533. The highest BCUT2D eigenvalue weighted by atomic mass is 32.1. The number of carbonyl (C=O) groups excluding carboxylic acids is 3. The molecule has 0 aliphatic carbocycles. The Kier molecular flexibility index (Phi) is 8.20. The highest BCUT2D eigenvalue weighted by Crippen LogP contribution is 2.17. The van der Waals surface area contributed by atoms with E-state index in [9.17, 15) is 14.4 Å². The first-order valence-electron chi connectivity index (χ1n) is 7.34. The number of nitrogens with one attached hydrogen (secondary N) is 2. The highest BCUT2D eigenvalue weighted by Gasteiger charge is 2.29. The molecule has 0 unspecified atom stereocenters. The van der Waals surface area contributed by atoms with Crippen molar-refractivity contribution in [3.05, 3.63) is 16.6 Å². The zero-order valence-corrected chi connectivity index (χ0v) is 14.6. The molecule has 9 heteroatoms. The molecule has 1 aromatic rings. The van der Waals surface area contributed by atoms with Crippen molar-refractivity contribution in [1.29, 1.82) is 5.41 Å². The van der Waals surface area contributed by atoms with Crippen LogP contribution in [0.15, 0.2) is 10.9 Å². The van der Waals surface area contributed by atoms with Crippen LogP contribution >= 0.6 is 11.3 Å². The summed E-state index contributed by atoms with van der Waals surface area (Å²) in [4.78, 5) is 39.8. The number of ether oxygens (including phenoxy) is 2. The SMILES string of the molecule is CO[C@H](C(=O)N[C@@H](CCC(=O)C=N)C(=O)OC(C)C)c1cscn1. The summed E-state index contributed by atoms with van der Waals surface area (Å²) in [6.45, 7) is 3.37. The van der Waals surface area contributed by atoms with Crippen molar-refractivity contribution in [1.82, 2.24) is 10.3 Å². The van der Waals surface area contributed by atoms with E-state index in [0.29, 0.717) is 11.9 Å². The summed E-state index contributed by atoms with van der Waals surface area (Å²) in [5.41, 5.74) is 2.01. The van der Waals surface area contributed by atoms with Crippen LogP contribution in [0.1, 0.15) is 38.5 Å². The van der Waals surface area contributed by atoms with Crippen LogP contribution in [0.3, 0.4) is 0 Å².